The fourth-order valence-electron chi connectivity index (χ4n) is 1.07. The molecule has 0 aliphatic rings. The Bertz CT molecular complexity index is 243. The summed E-state index contributed by atoms with van der Waals surface area (Å²) in [5.41, 5.74) is 1.33. The molecule has 2 heteroatoms. The number of nitrogens with zero attached hydrogens (tertiary/aromatic N) is 1. The first-order chi connectivity index (χ1) is 5.72. The average molecular weight is 164 g/mol. The minimum atomic E-state index is 0.449. The van der Waals surface area contributed by atoms with Crippen LogP contribution in [0.4, 0.5) is 5.82 Å². The van der Waals surface area contributed by atoms with E-state index in [1.807, 2.05) is 12.3 Å². The standard InChI is InChI=1S/C10H16N2/c1-4-9-5-6-11-10(7-9)12-8(2)3/h5-8H,4H2,1-3H3,(H,11,12). The number of hydrogen-bond acceptors (Lipinski definition) is 2. The van der Waals surface area contributed by atoms with E-state index >= 15 is 0 Å². The average Bonchev–Trinajstić information content (AvgIpc) is 2.03. The van der Waals surface area contributed by atoms with E-state index in [0.29, 0.717) is 6.04 Å². The Balaban J connectivity index is 2.72. The number of aryl methyl sites for hydroxylation is 1. The third-order valence-corrected chi connectivity index (χ3v) is 1.67. The zero-order chi connectivity index (χ0) is 8.97. The minimum absolute atomic E-state index is 0.449. The molecule has 0 radical (unpaired) electrons. The van der Waals surface area contributed by atoms with Crippen molar-refractivity contribution in [3.8, 4) is 0 Å². The molecule has 1 N–H and O–H groups in total. The molecule has 0 bridgehead atoms. The van der Waals surface area contributed by atoms with Crippen LogP contribution in [0.3, 0.4) is 0 Å². The maximum atomic E-state index is 4.22. The summed E-state index contributed by atoms with van der Waals surface area (Å²) in [7, 11) is 0. The first kappa shape index (κ1) is 9.04. The zero-order valence-corrected chi connectivity index (χ0v) is 7.96. The van der Waals surface area contributed by atoms with Crippen molar-refractivity contribution < 1.29 is 0 Å². The van der Waals surface area contributed by atoms with Crippen LogP contribution in [-0.2, 0) is 6.42 Å². The summed E-state index contributed by atoms with van der Waals surface area (Å²) in [6, 6.07) is 4.59. The molecule has 0 amide bonds. The Hall–Kier alpha value is -1.05. The number of rotatable bonds is 3. The van der Waals surface area contributed by atoms with E-state index in [1.54, 1.807) is 0 Å². The molecule has 0 aromatic carbocycles. The maximum Gasteiger partial charge on any atom is 0.126 e. The lowest BCUT2D eigenvalue weighted by atomic mass is 10.2. The van der Waals surface area contributed by atoms with Crippen LogP contribution in [0.1, 0.15) is 26.3 Å². The molecule has 0 aliphatic carbocycles. The first-order valence-corrected chi connectivity index (χ1v) is 4.44. The monoisotopic (exact) mass is 164 g/mol. The molecule has 1 aromatic rings. The van der Waals surface area contributed by atoms with Gasteiger partial charge in [0.2, 0.25) is 0 Å². The summed E-state index contributed by atoms with van der Waals surface area (Å²) < 4.78 is 0. The van der Waals surface area contributed by atoms with E-state index in [2.05, 4.69) is 37.1 Å². The predicted molar refractivity (Wildman–Crippen MR) is 52.4 cm³/mol. The molecule has 2 nitrogen and oxygen atoms in total. The smallest absolute Gasteiger partial charge is 0.126 e. The number of nitrogens with one attached hydrogen (secondary N) is 1. The molecule has 0 unspecified atom stereocenters. The predicted octanol–water partition coefficient (Wildman–Crippen LogP) is 2.46. The number of aromatic nitrogens is 1. The Morgan fingerprint density at radius 3 is 2.83 bits per heavy atom. The van der Waals surface area contributed by atoms with Gasteiger partial charge in [0.25, 0.3) is 0 Å². The number of pyridine rings is 1. The van der Waals surface area contributed by atoms with Crippen LogP contribution in [0.15, 0.2) is 18.3 Å². The largest absolute Gasteiger partial charge is 0.368 e. The SMILES string of the molecule is CCc1ccnc(NC(C)C)c1. The van der Waals surface area contributed by atoms with E-state index in [4.69, 9.17) is 0 Å². The van der Waals surface area contributed by atoms with Gasteiger partial charge in [-0.3, -0.25) is 0 Å². The Kier molecular flexibility index (Phi) is 3.09. The highest BCUT2D eigenvalue weighted by atomic mass is 15.0. The lowest BCUT2D eigenvalue weighted by molar-refractivity contribution is 0.887. The van der Waals surface area contributed by atoms with Gasteiger partial charge in [0.1, 0.15) is 5.82 Å². The third-order valence-electron chi connectivity index (χ3n) is 1.67. The first-order valence-electron chi connectivity index (χ1n) is 4.44. The summed E-state index contributed by atoms with van der Waals surface area (Å²) in [4.78, 5) is 4.22. The van der Waals surface area contributed by atoms with Gasteiger partial charge in [0.05, 0.1) is 0 Å². The lowest BCUT2D eigenvalue weighted by Crippen LogP contribution is -2.10. The van der Waals surface area contributed by atoms with Crippen LogP contribution in [0.25, 0.3) is 0 Å². The highest BCUT2D eigenvalue weighted by Gasteiger charge is 1.96. The summed E-state index contributed by atoms with van der Waals surface area (Å²) in [6.45, 7) is 6.37. The third kappa shape index (κ3) is 2.53. The minimum Gasteiger partial charge on any atom is -0.368 e. The fourth-order valence-corrected chi connectivity index (χ4v) is 1.07. The molecular formula is C10H16N2. The lowest BCUT2D eigenvalue weighted by Gasteiger charge is -2.09. The zero-order valence-electron chi connectivity index (χ0n) is 7.96. The van der Waals surface area contributed by atoms with Gasteiger partial charge in [-0.1, -0.05) is 6.92 Å². The number of hydrogen-bond donors (Lipinski definition) is 1. The highest BCUT2D eigenvalue weighted by molar-refractivity contribution is 5.38. The Morgan fingerprint density at radius 1 is 1.50 bits per heavy atom. The van der Waals surface area contributed by atoms with Crippen molar-refractivity contribution in [2.45, 2.75) is 33.2 Å². The van der Waals surface area contributed by atoms with E-state index in [9.17, 15) is 0 Å². The van der Waals surface area contributed by atoms with Crippen LogP contribution in [-0.4, -0.2) is 11.0 Å². The second-order valence-electron chi connectivity index (χ2n) is 3.20. The van der Waals surface area contributed by atoms with E-state index in [0.717, 1.165) is 12.2 Å². The summed E-state index contributed by atoms with van der Waals surface area (Å²) in [6.07, 6.45) is 2.92. The van der Waals surface area contributed by atoms with E-state index in [1.165, 1.54) is 5.56 Å². The highest BCUT2D eigenvalue weighted by Crippen LogP contribution is 2.07. The summed E-state index contributed by atoms with van der Waals surface area (Å²) >= 11 is 0. The molecule has 1 heterocycles. The van der Waals surface area contributed by atoms with Crippen LogP contribution >= 0.6 is 0 Å². The van der Waals surface area contributed by atoms with Crippen molar-refractivity contribution in [3.05, 3.63) is 23.9 Å². The van der Waals surface area contributed by atoms with Crippen molar-refractivity contribution in [1.29, 1.82) is 0 Å². The molecule has 66 valence electrons. The van der Waals surface area contributed by atoms with Crippen LogP contribution in [0.2, 0.25) is 0 Å². The van der Waals surface area contributed by atoms with E-state index < -0.39 is 0 Å². The molecule has 0 saturated carbocycles. The van der Waals surface area contributed by atoms with Gasteiger partial charge in [-0.2, -0.15) is 0 Å². The van der Waals surface area contributed by atoms with Gasteiger partial charge in [0, 0.05) is 12.2 Å². The molecule has 0 saturated heterocycles. The molecule has 0 aliphatic heterocycles. The Labute approximate surface area is 74.0 Å². The van der Waals surface area contributed by atoms with Crippen molar-refractivity contribution in [2.75, 3.05) is 5.32 Å². The normalized spacial score (nSPS) is 10.3. The molecule has 1 aromatic heterocycles. The van der Waals surface area contributed by atoms with Crippen molar-refractivity contribution in [3.63, 3.8) is 0 Å². The van der Waals surface area contributed by atoms with Gasteiger partial charge in [-0.25, -0.2) is 4.98 Å². The van der Waals surface area contributed by atoms with Gasteiger partial charge < -0.3 is 5.32 Å². The molecule has 0 fully saturated rings. The van der Waals surface area contributed by atoms with Crippen molar-refractivity contribution in [2.24, 2.45) is 0 Å². The van der Waals surface area contributed by atoms with Gasteiger partial charge in [-0.05, 0) is 38.0 Å². The van der Waals surface area contributed by atoms with Gasteiger partial charge >= 0.3 is 0 Å². The molecular weight excluding hydrogens is 148 g/mol. The van der Waals surface area contributed by atoms with Crippen LogP contribution < -0.4 is 5.32 Å². The van der Waals surface area contributed by atoms with Crippen LogP contribution in [0, 0.1) is 0 Å². The second kappa shape index (κ2) is 4.10. The fraction of sp³-hybridized carbons (Fsp3) is 0.500. The second-order valence-corrected chi connectivity index (χ2v) is 3.20. The quantitative estimate of drug-likeness (QED) is 0.742. The molecule has 12 heavy (non-hydrogen) atoms. The Morgan fingerprint density at radius 2 is 2.25 bits per heavy atom. The van der Waals surface area contributed by atoms with Gasteiger partial charge in [-0.15, -0.1) is 0 Å². The maximum absolute atomic E-state index is 4.22. The van der Waals surface area contributed by atoms with E-state index in [-0.39, 0.29) is 0 Å². The van der Waals surface area contributed by atoms with Crippen molar-refractivity contribution >= 4 is 5.82 Å². The molecule has 0 atom stereocenters. The topological polar surface area (TPSA) is 24.9 Å². The molecule has 1 rings (SSSR count). The van der Waals surface area contributed by atoms with Crippen LogP contribution in [0.5, 0.6) is 0 Å². The van der Waals surface area contributed by atoms with Crippen molar-refractivity contribution in [1.82, 2.24) is 4.98 Å². The number of anilines is 1. The summed E-state index contributed by atoms with van der Waals surface area (Å²) in [5, 5.41) is 3.27. The summed E-state index contributed by atoms with van der Waals surface area (Å²) in [5.74, 6) is 0.976. The van der Waals surface area contributed by atoms with Gasteiger partial charge in [0.15, 0.2) is 0 Å². The molecule has 0 spiro atoms.